The van der Waals surface area contributed by atoms with Crippen LogP contribution in [0.15, 0.2) is 24.3 Å². The van der Waals surface area contributed by atoms with Gasteiger partial charge in [0.05, 0.1) is 18.8 Å². The van der Waals surface area contributed by atoms with E-state index in [0.29, 0.717) is 12.8 Å². The van der Waals surface area contributed by atoms with Gasteiger partial charge in [-0.3, -0.25) is 4.79 Å². The van der Waals surface area contributed by atoms with E-state index < -0.39 is 24.2 Å². The van der Waals surface area contributed by atoms with Crippen molar-refractivity contribution >= 4 is 5.91 Å². The molecule has 52 heavy (non-hydrogen) atoms. The molecule has 1 amide bonds. The molecular formula is C47H91NO4. The van der Waals surface area contributed by atoms with Crippen LogP contribution in [0.3, 0.4) is 0 Å². The Kier molecular flexibility index (Phi) is 41.6. The molecule has 0 aliphatic heterocycles. The van der Waals surface area contributed by atoms with Gasteiger partial charge in [-0.1, -0.05) is 224 Å². The van der Waals surface area contributed by atoms with Crippen LogP contribution in [0.4, 0.5) is 0 Å². The smallest absolute Gasteiger partial charge is 0.249 e. The molecule has 0 aromatic heterocycles. The lowest BCUT2D eigenvalue weighted by molar-refractivity contribution is -0.131. The van der Waals surface area contributed by atoms with Gasteiger partial charge in [-0.2, -0.15) is 0 Å². The zero-order valence-corrected chi connectivity index (χ0v) is 35.0. The number of aliphatic hydroxyl groups excluding tert-OH is 3. The van der Waals surface area contributed by atoms with Crippen LogP contribution in [0, 0.1) is 0 Å². The first kappa shape index (κ1) is 50.8. The average molecular weight is 734 g/mol. The van der Waals surface area contributed by atoms with Crippen molar-refractivity contribution in [3.8, 4) is 0 Å². The summed E-state index contributed by atoms with van der Waals surface area (Å²) < 4.78 is 0. The molecule has 5 nitrogen and oxygen atoms in total. The van der Waals surface area contributed by atoms with Crippen LogP contribution in [0.5, 0.6) is 0 Å². The fourth-order valence-corrected chi connectivity index (χ4v) is 7.16. The molecule has 0 aliphatic carbocycles. The second-order valence-corrected chi connectivity index (χ2v) is 16.0. The van der Waals surface area contributed by atoms with Gasteiger partial charge < -0.3 is 20.6 Å². The number of unbranched alkanes of at least 4 members (excludes halogenated alkanes) is 30. The highest BCUT2D eigenvalue weighted by Crippen LogP contribution is 2.16. The second-order valence-electron chi connectivity index (χ2n) is 16.0. The van der Waals surface area contributed by atoms with Crippen molar-refractivity contribution in [3.63, 3.8) is 0 Å². The molecule has 0 aromatic rings. The summed E-state index contributed by atoms with van der Waals surface area (Å²) in [6.07, 6.45) is 52.0. The number of carbonyl (C=O) groups is 1. The number of allylic oxidation sites excluding steroid dienone is 4. The number of hydrogen-bond acceptors (Lipinski definition) is 4. The number of amides is 1. The van der Waals surface area contributed by atoms with Crippen molar-refractivity contribution < 1.29 is 20.1 Å². The van der Waals surface area contributed by atoms with Crippen molar-refractivity contribution in [1.29, 1.82) is 0 Å². The maximum Gasteiger partial charge on any atom is 0.249 e. The van der Waals surface area contributed by atoms with E-state index in [4.69, 9.17) is 0 Å². The molecule has 0 aliphatic rings. The highest BCUT2D eigenvalue weighted by molar-refractivity contribution is 5.80. The van der Waals surface area contributed by atoms with Crippen molar-refractivity contribution in [2.24, 2.45) is 0 Å². The van der Waals surface area contributed by atoms with Gasteiger partial charge in [-0.15, -0.1) is 0 Å². The summed E-state index contributed by atoms with van der Waals surface area (Å²) in [6, 6.07) is -0.709. The molecule has 4 N–H and O–H groups in total. The predicted octanol–water partition coefficient (Wildman–Crippen LogP) is 13.4. The molecule has 0 saturated carbocycles. The summed E-state index contributed by atoms with van der Waals surface area (Å²) in [4.78, 5) is 12.5. The van der Waals surface area contributed by atoms with Crippen LogP contribution in [0.1, 0.15) is 245 Å². The maximum atomic E-state index is 12.5. The first-order valence-electron chi connectivity index (χ1n) is 23.1. The summed E-state index contributed by atoms with van der Waals surface area (Å²) in [5, 5.41) is 33.2. The second kappa shape index (κ2) is 42.6. The van der Waals surface area contributed by atoms with Gasteiger partial charge in [-0.05, 0) is 44.9 Å². The van der Waals surface area contributed by atoms with Crippen molar-refractivity contribution in [3.05, 3.63) is 24.3 Å². The van der Waals surface area contributed by atoms with Gasteiger partial charge in [-0.25, -0.2) is 0 Å². The minimum atomic E-state index is -1.07. The van der Waals surface area contributed by atoms with E-state index in [0.717, 1.165) is 38.5 Å². The number of aliphatic hydroxyl groups is 3. The van der Waals surface area contributed by atoms with Crippen LogP contribution in [0.2, 0.25) is 0 Å². The van der Waals surface area contributed by atoms with Crippen LogP contribution >= 0.6 is 0 Å². The highest BCUT2D eigenvalue weighted by atomic mass is 16.3. The summed E-state index contributed by atoms with van der Waals surface area (Å²) in [5.74, 6) is -0.472. The molecular weight excluding hydrogens is 643 g/mol. The van der Waals surface area contributed by atoms with E-state index in [2.05, 4.69) is 43.5 Å². The SMILES string of the molecule is CCCCCCCCCCC/C=C\C/C=C\CCCCCCCCCCCCCCC(O)C(=O)NC(CO)C(O)CCCCCCCCCCCC. The van der Waals surface area contributed by atoms with Crippen molar-refractivity contribution in [2.75, 3.05) is 6.61 Å². The zero-order valence-electron chi connectivity index (χ0n) is 35.0. The van der Waals surface area contributed by atoms with Crippen LogP contribution in [-0.2, 0) is 4.79 Å². The Bertz CT molecular complexity index is 768. The maximum absolute atomic E-state index is 12.5. The highest BCUT2D eigenvalue weighted by Gasteiger charge is 2.23. The van der Waals surface area contributed by atoms with E-state index in [1.807, 2.05) is 0 Å². The Morgan fingerprint density at radius 3 is 1.15 bits per heavy atom. The summed E-state index contributed by atoms with van der Waals surface area (Å²) in [7, 11) is 0. The molecule has 3 unspecified atom stereocenters. The number of rotatable bonds is 42. The van der Waals surface area contributed by atoms with E-state index in [1.54, 1.807) is 0 Å². The summed E-state index contributed by atoms with van der Waals surface area (Å²) in [6.45, 7) is 4.22. The monoisotopic (exact) mass is 734 g/mol. The molecule has 5 heteroatoms. The van der Waals surface area contributed by atoms with Crippen LogP contribution < -0.4 is 5.32 Å². The molecule has 0 saturated heterocycles. The number of hydrogen-bond donors (Lipinski definition) is 4. The lowest BCUT2D eigenvalue weighted by Gasteiger charge is -2.23. The third kappa shape index (κ3) is 37.2. The summed E-state index contributed by atoms with van der Waals surface area (Å²) in [5.41, 5.74) is 0. The topological polar surface area (TPSA) is 89.8 Å². The fraction of sp³-hybridized carbons (Fsp3) is 0.894. The minimum Gasteiger partial charge on any atom is -0.394 e. The predicted molar refractivity (Wildman–Crippen MR) is 227 cm³/mol. The lowest BCUT2D eigenvalue weighted by atomic mass is 10.0. The quantitative estimate of drug-likeness (QED) is 0.0371. The fourth-order valence-electron chi connectivity index (χ4n) is 7.16. The molecule has 3 atom stereocenters. The summed E-state index contributed by atoms with van der Waals surface area (Å²) >= 11 is 0. The molecule has 0 fully saturated rings. The normalized spacial score (nSPS) is 13.7. The molecule has 0 rings (SSSR count). The Morgan fingerprint density at radius 1 is 0.462 bits per heavy atom. The van der Waals surface area contributed by atoms with Gasteiger partial charge in [0.1, 0.15) is 6.10 Å². The van der Waals surface area contributed by atoms with Gasteiger partial charge in [0, 0.05) is 0 Å². The van der Waals surface area contributed by atoms with Crippen LogP contribution in [0.25, 0.3) is 0 Å². The third-order valence-corrected chi connectivity index (χ3v) is 10.8. The largest absolute Gasteiger partial charge is 0.394 e. The van der Waals surface area contributed by atoms with Crippen molar-refractivity contribution in [1.82, 2.24) is 5.32 Å². The van der Waals surface area contributed by atoms with Crippen LogP contribution in [-0.4, -0.2) is 46.1 Å². The first-order chi connectivity index (χ1) is 25.6. The molecule has 308 valence electrons. The standard InChI is InChI=1S/C47H91NO4/c1-3-5-7-9-11-13-15-16-17-18-19-20-21-22-23-24-25-26-27-28-29-30-31-32-34-36-38-40-42-46(51)47(52)48-44(43-49)45(50)41-39-37-35-33-14-12-10-8-6-4-2/h19-20,22-23,44-46,49-51H,3-18,21,24-43H2,1-2H3,(H,48,52)/b20-19-,23-22-. The molecule has 0 spiro atoms. The lowest BCUT2D eigenvalue weighted by Crippen LogP contribution is -2.49. The number of nitrogens with one attached hydrogen (secondary N) is 1. The Morgan fingerprint density at radius 2 is 0.788 bits per heavy atom. The van der Waals surface area contributed by atoms with E-state index in [-0.39, 0.29) is 6.61 Å². The molecule has 0 heterocycles. The first-order valence-corrected chi connectivity index (χ1v) is 23.1. The molecule has 0 aromatic carbocycles. The Labute approximate surface area is 324 Å². The van der Waals surface area contributed by atoms with E-state index in [1.165, 1.54) is 180 Å². The number of carbonyl (C=O) groups excluding carboxylic acids is 1. The van der Waals surface area contributed by atoms with Gasteiger partial charge in [0.25, 0.3) is 0 Å². The van der Waals surface area contributed by atoms with Gasteiger partial charge in [0.15, 0.2) is 0 Å². The zero-order chi connectivity index (χ0) is 38.0. The Balaban J connectivity index is 3.53. The van der Waals surface area contributed by atoms with E-state index in [9.17, 15) is 20.1 Å². The van der Waals surface area contributed by atoms with Crippen molar-refractivity contribution in [2.45, 2.75) is 263 Å². The molecule has 0 bridgehead atoms. The van der Waals surface area contributed by atoms with E-state index >= 15 is 0 Å². The average Bonchev–Trinajstić information content (AvgIpc) is 3.15. The van der Waals surface area contributed by atoms with Gasteiger partial charge >= 0.3 is 0 Å². The minimum absolute atomic E-state index is 0.313. The Hall–Kier alpha value is -1.17. The van der Waals surface area contributed by atoms with Gasteiger partial charge in [0.2, 0.25) is 5.91 Å². The molecule has 0 radical (unpaired) electrons. The third-order valence-electron chi connectivity index (χ3n) is 10.8.